The first-order chi connectivity index (χ1) is 12.5. The molecule has 0 heterocycles. The number of halogens is 1. The van der Waals surface area contributed by atoms with Gasteiger partial charge >= 0.3 is 5.97 Å². The van der Waals surface area contributed by atoms with E-state index in [9.17, 15) is 9.59 Å². The number of amides is 1. The van der Waals surface area contributed by atoms with Gasteiger partial charge in [0.05, 0.1) is 4.47 Å². The summed E-state index contributed by atoms with van der Waals surface area (Å²) in [5, 5.41) is 4.73. The number of hydrogen-bond acceptors (Lipinski definition) is 4. The Bertz CT molecular complexity index is 954. The van der Waals surface area contributed by atoms with E-state index in [1.165, 1.54) is 6.92 Å². The highest BCUT2D eigenvalue weighted by Crippen LogP contribution is 2.33. The molecule has 0 aliphatic heterocycles. The minimum atomic E-state index is -0.516. The van der Waals surface area contributed by atoms with Crippen molar-refractivity contribution < 1.29 is 19.1 Å². The maximum absolute atomic E-state index is 12.0. The maximum Gasteiger partial charge on any atom is 0.349 e. The summed E-state index contributed by atoms with van der Waals surface area (Å²) in [5.74, 6) is 0.272. The lowest BCUT2D eigenvalue weighted by atomic mass is 10.1. The van der Waals surface area contributed by atoms with E-state index in [4.69, 9.17) is 9.47 Å². The fourth-order valence-electron chi connectivity index (χ4n) is 2.43. The summed E-state index contributed by atoms with van der Waals surface area (Å²) in [4.78, 5) is 23.0. The Balaban J connectivity index is 1.60. The van der Waals surface area contributed by atoms with Gasteiger partial charge in [-0.3, -0.25) is 4.79 Å². The molecule has 3 aromatic carbocycles. The second-order valence-electron chi connectivity index (χ2n) is 5.57. The van der Waals surface area contributed by atoms with E-state index in [0.717, 1.165) is 15.2 Å². The van der Waals surface area contributed by atoms with E-state index in [1.54, 1.807) is 24.3 Å². The minimum absolute atomic E-state index is 0.163. The Kier molecular flexibility index (Phi) is 5.53. The van der Waals surface area contributed by atoms with Crippen LogP contribution in [0.4, 0.5) is 5.69 Å². The Labute approximate surface area is 159 Å². The number of fused-ring (bicyclic) bond motifs is 1. The first kappa shape index (κ1) is 17.9. The summed E-state index contributed by atoms with van der Waals surface area (Å²) in [7, 11) is 0. The SMILES string of the molecule is CC(=O)Nc1ccc(OC(=O)COc2ccc3ccccc3c2Br)cc1. The number of esters is 1. The Morgan fingerprint density at radius 3 is 2.46 bits per heavy atom. The zero-order valence-electron chi connectivity index (χ0n) is 14.0. The molecular weight excluding hydrogens is 398 g/mol. The molecule has 3 aromatic rings. The van der Waals surface area contributed by atoms with Crippen LogP contribution in [0.25, 0.3) is 10.8 Å². The summed E-state index contributed by atoms with van der Waals surface area (Å²) in [5.41, 5.74) is 0.633. The predicted octanol–water partition coefficient (Wildman–Crippen LogP) is 4.55. The van der Waals surface area contributed by atoms with Crippen LogP contribution in [-0.2, 0) is 9.59 Å². The van der Waals surface area contributed by atoms with E-state index in [-0.39, 0.29) is 12.5 Å². The molecule has 0 saturated heterocycles. The van der Waals surface area contributed by atoms with Gasteiger partial charge in [-0.15, -0.1) is 0 Å². The van der Waals surface area contributed by atoms with Gasteiger partial charge in [0.25, 0.3) is 0 Å². The molecule has 0 bridgehead atoms. The number of carbonyl (C=O) groups is 2. The third-order valence-electron chi connectivity index (χ3n) is 3.58. The average molecular weight is 414 g/mol. The van der Waals surface area contributed by atoms with Gasteiger partial charge in [0.2, 0.25) is 5.91 Å². The van der Waals surface area contributed by atoms with Crippen molar-refractivity contribution in [3.05, 3.63) is 65.1 Å². The molecule has 0 fully saturated rings. The van der Waals surface area contributed by atoms with Gasteiger partial charge in [-0.25, -0.2) is 4.79 Å². The zero-order chi connectivity index (χ0) is 18.5. The summed E-state index contributed by atoms with van der Waals surface area (Å²) >= 11 is 3.51. The Hall–Kier alpha value is -2.86. The maximum atomic E-state index is 12.0. The van der Waals surface area contributed by atoms with E-state index in [0.29, 0.717) is 17.2 Å². The molecule has 0 aromatic heterocycles. The topological polar surface area (TPSA) is 64.6 Å². The lowest BCUT2D eigenvalue weighted by Gasteiger charge is -2.10. The van der Waals surface area contributed by atoms with Gasteiger partial charge < -0.3 is 14.8 Å². The summed E-state index contributed by atoms with van der Waals surface area (Å²) in [6.07, 6.45) is 0. The highest BCUT2D eigenvalue weighted by atomic mass is 79.9. The van der Waals surface area contributed by atoms with Crippen LogP contribution in [0, 0.1) is 0 Å². The van der Waals surface area contributed by atoms with Crippen LogP contribution in [0.5, 0.6) is 11.5 Å². The second kappa shape index (κ2) is 8.01. The molecule has 132 valence electrons. The van der Waals surface area contributed by atoms with Gasteiger partial charge in [0, 0.05) is 12.6 Å². The smallest absolute Gasteiger partial charge is 0.349 e. The molecule has 6 heteroatoms. The van der Waals surface area contributed by atoms with Crippen molar-refractivity contribution in [2.45, 2.75) is 6.92 Å². The lowest BCUT2D eigenvalue weighted by molar-refractivity contribution is -0.136. The third kappa shape index (κ3) is 4.40. The first-order valence-corrected chi connectivity index (χ1v) is 8.70. The van der Waals surface area contributed by atoms with Crippen LogP contribution in [0.1, 0.15) is 6.92 Å². The number of benzene rings is 3. The molecule has 0 unspecified atom stereocenters. The third-order valence-corrected chi connectivity index (χ3v) is 4.40. The summed E-state index contributed by atoms with van der Waals surface area (Å²) in [6, 6.07) is 18.1. The van der Waals surface area contributed by atoms with Crippen LogP contribution in [-0.4, -0.2) is 18.5 Å². The fraction of sp³-hybridized carbons (Fsp3) is 0.100. The molecule has 1 N–H and O–H groups in total. The van der Waals surface area contributed by atoms with Crippen LogP contribution < -0.4 is 14.8 Å². The van der Waals surface area contributed by atoms with Gasteiger partial charge in [-0.05, 0) is 57.0 Å². The lowest BCUT2D eigenvalue weighted by Crippen LogP contribution is -2.17. The molecule has 0 saturated carbocycles. The highest BCUT2D eigenvalue weighted by molar-refractivity contribution is 9.10. The molecular formula is C20H16BrNO4. The van der Waals surface area contributed by atoms with Gasteiger partial charge in [0.15, 0.2) is 6.61 Å². The Morgan fingerprint density at radius 2 is 1.73 bits per heavy atom. The molecule has 26 heavy (non-hydrogen) atoms. The molecule has 0 aliphatic rings. The van der Waals surface area contributed by atoms with Gasteiger partial charge in [0.1, 0.15) is 11.5 Å². The van der Waals surface area contributed by atoms with E-state index >= 15 is 0 Å². The van der Waals surface area contributed by atoms with Crippen molar-refractivity contribution in [1.82, 2.24) is 0 Å². The zero-order valence-corrected chi connectivity index (χ0v) is 15.6. The standard InChI is InChI=1S/C20H16BrNO4/c1-13(23)22-15-7-9-16(10-8-15)26-19(24)12-25-18-11-6-14-4-2-3-5-17(14)20(18)21/h2-11H,12H2,1H3,(H,22,23). The quantitative estimate of drug-likeness (QED) is 0.492. The average Bonchev–Trinajstić information content (AvgIpc) is 2.63. The van der Waals surface area contributed by atoms with Crippen molar-refractivity contribution in [2.75, 3.05) is 11.9 Å². The largest absolute Gasteiger partial charge is 0.481 e. The first-order valence-electron chi connectivity index (χ1n) is 7.91. The van der Waals surface area contributed by atoms with E-state index in [2.05, 4.69) is 21.2 Å². The van der Waals surface area contributed by atoms with Crippen LogP contribution in [0.2, 0.25) is 0 Å². The normalized spacial score (nSPS) is 10.4. The summed E-state index contributed by atoms with van der Waals surface area (Å²) in [6.45, 7) is 1.21. The fourth-order valence-corrected chi connectivity index (χ4v) is 3.04. The van der Waals surface area contributed by atoms with Crippen molar-refractivity contribution in [3.63, 3.8) is 0 Å². The predicted molar refractivity (Wildman–Crippen MR) is 104 cm³/mol. The molecule has 0 atom stereocenters. The van der Waals surface area contributed by atoms with Crippen molar-refractivity contribution in [1.29, 1.82) is 0 Å². The van der Waals surface area contributed by atoms with E-state index < -0.39 is 5.97 Å². The molecule has 3 rings (SSSR count). The van der Waals surface area contributed by atoms with Crippen molar-refractivity contribution in [3.8, 4) is 11.5 Å². The molecule has 0 spiro atoms. The highest BCUT2D eigenvalue weighted by Gasteiger charge is 2.10. The number of hydrogen-bond donors (Lipinski definition) is 1. The van der Waals surface area contributed by atoms with Crippen molar-refractivity contribution in [2.24, 2.45) is 0 Å². The number of nitrogens with one attached hydrogen (secondary N) is 1. The van der Waals surface area contributed by atoms with Gasteiger partial charge in [-0.2, -0.15) is 0 Å². The van der Waals surface area contributed by atoms with Crippen LogP contribution in [0.3, 0.4) is 0 Å². The molecule has 5 nitrogen and oxygen atoms in total. The number of anilines is 1. The second-order valence-corrected chi connectivity index (χ2v) is 6.36. The summed E-state index contributed by atoms with van der Waals surface area (Å²) < 4.78 is 11.6. The molecule has 1 amide bonds. The van der Waals surface area contributed by atoms with Crippen molar-refractivity contribution >= 4 is 44.3 Å². The monoisotopic (exact) mass is 413 g/mol. The minimum Gasteiger partial charge on any atom is -0.481 e. The molecule has 0 aliphatic carbocycles. The molecule has 0 radical (unpaired) electrons. The van der Waals surface area contributed by atoms with Crippen LogP contribution in [0.15, 0.2) is 65.1 Å². The van der Waals surface area contributed by atoms with Crippen LogP contribution >= 0.6 is 15.9 Å². The number of carbonyl (C=O) groups excluding carboxylic acids is 2. The number of ether oxygens (including phenoxy) is 2. The number of rotatable bonds is 5. The van der Waals surface area contributed by atoms with E-state index in [1.807, 2.05) is 36.4 Å². The van der Waals surface area contributed by atoms with Gasteiger partial charge in [-0.1, -0.05) is 30.3 Å². The Morgan fingerprint density at radius 1 is 1.00 bits per heavy atom.